The monoisotopic (exact) mass is 660 g/mol. The van der Waals surface area contributed by atoms with Crippen LogP contribution in [0, 0.1) is 0 Å². The molecular weight excluding hydrogens is 629 g/mol. The maximum atomic E-state index is 4.52. The highest BCUT2D eigenvalue weighted by Gasteiger charge is 2.16. The molecule has 2 heterocycles. The van der Waals surface area contributed by atoms with Crippen molar-refractivity contribution in [2.45, 2.75) is 6.42 Å². The Morgan fingerprint density at radius 1 is 0.385 bits per heavy atom. The predicted octanol–water partition coefficient (Wildman–Crippen LogP) is 13.2. The number of pyridine rings is 1. The van der Waals surface area contributed by atoms with Crippen LogP contribution in [0.15, 0.2) is 182 Å². The highest BCUT2D eigenvalue weighted by atomic mass is 15.0. The van der Waals surface area contributed by atoms with Gasteiger partial charge in [0.25, 0.3) is 0 Å². The van der Waals surface area contributed by atoms with Crippen molar-refractivity contribution in [1.82, 2.24) is 9.55 Å². The van der Waals surface area contributed by atoms with Crippen LogP contribution >= 0.6 is 0 Å². The van der Waals surface area contributed by atoms with Crippen molar-refractivity contribution in [2.75, 3.05) is 0 Å². The number of hydrogen-bond donors (Lipinski definition) is 0. The van der Waals surface area contributed by atoms with E-state index in [1.807, 2.05) is 12.4 Å². The van der Waals surface area contributed by atoms with E-state index in [1.54, 1.807) is 0 Å². The second-order valence-corrected chi connectivity index (χ2v) is 14.0. The van der Waals surface area contributed by atoms with E-state index in [0.29, 0.717) is 0 Å². The largest absolute Gasteiger partial charge is 0.309 e. The van der Waals surface area contributed by atoms with E-state index in [0.717, 1.165) is 23.0 Å². The molecule has 52 heavy (non-hydrogen) atoms. The van der Waals surface area contributed by atoms with E-state index in [1.165, 1.54) is 87.0 Å². The Hall–Kier alpha value is -6.77. The lowest BCUT2D eigenvalue weighted by atomic mass is 9.89. The highest BCUT2D eigenvalue weighted by Crippen LogP contribution is 2.40. The second kappa shape index (κ2) is 11.4. The summed E-state index contributed by atoms with van der Waals surface area (Å²) in [4.78, 5) is 4.52. The van der Waals surface area contributed by atoms with Crippen molar-refractivity contribution in [3.8, 4) is 16.8 Å². The number of fused-ring (bicyclic) bond motifs is 12. The van der Waals surface area contributed by atoms with E-state index < -0.39 is 0 Å². The van der Waals surface area contributed by atoms with E-state index in [4.69, 9.17) is 0 Å². The molecule has 0 radical (unpaired) electrons. The van der Waals surface area contributed by atoms with Crippen molar-refractivity contribution in [1.29, 1.82) is 0 Å². The van der Waals surface area contributed by atoms with Gasteiger partial charge < -0.3 is 4.57 Å². The number of benzene rings is 9. The molecule has 0 unspecified atom stereocenters. The number of nitrogens with zero attached hydrogens (tertiary/aromatic N) is 2. The topological polar surface area (TPSA) is 17.8 Å². The van der Waals surface area contributed by atoms with Gasteiger partial charge >= 0.3 is 0 Å². The van der Waals surface area contributed by atoms with E-state index >= 15 is 0 Å². The molecule has 0 saturated carbocycles. The van der Waals surface area contributed by atoms with Crippen molar-refractivity contribution >= 4 is 75.7 Å². The van der Waals surface area contributed by atoms with Gasteiger partial charge in [-0.15, -0.1) is 0 Å². The molecule has 0 N–H and O–H groups in total. The van der Waals surface area contributed by atoms with Gasteiger partial charge in [0.2, 0.25) is 0 Å². The average Bonchev–Trinajstić information content (AvgIpc) is 3.55. The smallest absolute Gasteiger partial charge is 0.0571 e. The molecule has 0 aliphatic carbocycles. The molecule has 11 rings (SSSR count). The first-order valence-corrected chi connectivity index (χ1v) is 18.0. The summed E-state index contributed by atoms with van der Waals surface area (Å²) in [7, 11) is 0. The predicted molar refractivity (Wildman–Crippen MR) is 221 cm³/mol. The molecule has 0 bridgehead atoms. The van der Waals surface area contributed by atoms with Gasteiger partial charge in [0.15, 0.2) is 0 Å². The van der Waals surface area contributed by atoms with Crippen LogP contribution in [0.25, 0.3) is 92.5 Å². The summed E-state index contributed by atoms with van der Waals surface area (Å²) in [5.74, 6) is 0. The molecule has 11 aromatic rings. The summed E-state index contributed by atoms with van der Waals surface area (Å²) < 4.78 is 2.34. The summed E-state index contributed by atoms with van der Waals surface area (Å²) >= 11 is 0. The normalized spacial score (nSPS) is 11.9. The lowest BCUT2D eigenvalue weighted by Crippen LogP contribution is -1.93. The summed E-state index contributed by atoms with van der Waals surface area (Å²) in [6, 6.07) is 62.6. The molecule has 2 aromatic heterocycles. The number of rotatable bonds is 4. The standard InChI is InChI=1S/C50H32N2/c1-2-11-37(12-3-1)52-49-23-20-34(30-47(49)48-31-51-25-24-50(48)52)33-19-22-44-43-21-18-32(27-45(43)41-16-8-9-17-42(41)46(44)29-33)26-36-28-35-10-4-5-13-38(35)40-15-7-6-14-39(36)40/h1-25,27-31H,26H2. The van der Waals surface area contributed by atoms with Crippen LogP contribution in [0.4, 0.5) is 0 Å². The quantitative estimate of drug-likeness (QED) is 0.172. The Balaban J connectivity index is 1.06. The van der Waals surface area contributed by atoms with Crippen LogP contribution in [0.1, 0.15) is 11.1 Å². The fourth-order valence-corrected chi connectivity index (χ4v) is 8.69. The second-order valence-electron chi connectivity index (χ2n) is 14.0. The van der Waals surface area contributed by atoms with Crippen LogP contribution in [-0.4, -0.2) is 9.55 Å². The summed E-state index contributed by atoms with van der Waals surface area (Å²) in [5.41, 5.74) is 8.60. The van der Waals surface area contributed by atoms with Crippen LogP contribution in [0.2, 0.25) is 0 Å². The van der Waals surface area contributed by atoms with Crippen molar-refractivity contribution in [2.24, 2.45) is 0 Å². The van der Waals surface area contributed by atoms with Crippen LogP contribution in [0.3, 0.4) is 0 Å². The van der Waals surface area contributed by atoms with Crippen LogP contribution < -0.4 is 0 Å². The molecule has 0 aliphatic rings. The molecule has 0 aliphatic heterocycles. The lowest BCUT2D eigenvalue weighted by molar-refractivity contribution is 1.17. The third kappa shape index (κ3) is 4.41. The highest BCUT2D eigenvalue weighted by molar-refractivity contribution is 6.26. The minimum atomic E-state index is 0.880. The molecule has 2 nitrogen and oxygen atoms in total. The molecule has 0 fully saturated rings. The van der Waals surface area contributed by atoms with Crippen molar-refractivity contribution in [3.05, 3.63) is 193 Å². The zero-order valence-corrected chi connectivity index (χ0v) is 28.4. The number of para-hydroxylation sites is 1. The van der Waals surface area contributed by atoms with Crippen LogP contribution in [-0.2, 0) is 6.42 Å². The SMILES string of the molecule is c1ccc(-n2c3ccncc3c3cc(-c4ccc5c6ccc(Cc7cc8ccccc8c8ccccc78)cc6c6ccccc6c5c4)ccc32)cc1. The third-order valence-electron chi connectivity index (χ3n) is 11.1. The number of hydrogen-bond acceptors (Lipinski definition) is 1. The van der Waals surface area contributed by atoms with Gasteiger partial charge in [-0.1, -0.05) is 133 Å². The van der Waals surface area contributed by atoms with Gasteiger partial charge in [-0.3, -0.25) is 4.98 Å². The van der Waals surface area contributed by atoms with Crippen molar-refractivity contribution < 1.29 is 0 Å². The average molecular weight is 661 g/mol. The van der Waals surface area contributed by atoms with Gasteiger partial charge in [-0.2, -0.15) is 0 Å². The van der Waals surface area contributed by atoms with Gasteiger partial charge in [0.1, 0.15) is 0 Å². The maximum Gasteiger partial charge on any atom is 0.0571 e. The Labute approximate surface area is 300 Å². The Bertz CT molecular complexity index is 3190. The van der Waals surface area contributed by atoms with E-state index in [-0.39, 0.29) is 0 Å². The first-order valence-electron chi connectivity index (χ1n) is 18.0. The van der Waals surface area contributed by atoms with Gasteiger partial charge in [-0.05, 0) is 119 Å². The Morgan fingerprint density at radius 2 is 0.962 bits per heavy atom. The van der Waals surface area contributed by atoms with Gasteiger partial charge in [-0.25, -0.2) is 0 Å². The minimum absolute atomic E-state index is 0.880. The first-order chi connectivity index (χ1) is 25.8. The lowest BCUT2D eigenvalue weighted by Gasteiger charge is -2.15. The molecule has 0 amide bonds. The zero-order chi connectivity index (χ0) is 34.2. The molecule has 0 atom stereocenters. The minimum Gasteiger partial charge on any atom is -0.309 e. The van der Waals surface area contributed by atoms with Gasteiger partial charge in [0, 0.05) is 28.9 Å². The molecule has 2 heteroatoms. The Morgan fingerprint density at radius 3 is 1.75 bits per heavy atom. The fourth-order valence-electron chi connectivity index (χ4n) is 8.69. The Kier molecular flexibility index (Phi) is 6.35. The van der Waals surface area contributed by atoms with Crippen LogP contribution in [0.5, 0.6) is 0 Å². The maximum absolute atomic E-state index is 4.52. The van der Waals surface area contributed by atoms with E-state index in [2.05, 4.69) is 179 Å². The molecule has 242 valence electrons. The van der Waals surface area contributed by atoms with Crippen molar-refractivity contribution in [3.63, 3.8) is 0 Å². The summed E-state index contributed by atoms with van der Waals surface area (Å²) in [6.45, 7) is 0. The third-order valence-corrected chi connectivity index (χ3v) is 11.1. The van der Waals surface area contributed by atoms with E-state index in [9.17, 15) is 0 Å². The number of aromatic nitrogens is 2. The molecule has 0 spiro atoms. The zero-order valence-electron chi connectivity index (χ0n) is 28.4. The summed E-state index contributed by atoms with van der Waals surface area (Å²) in [6.07, 6.45) is 4.76. The fraction of sp³-hybridized carbons (Fsp3) is 0.0200. The molecule has 9 aromatic carbocycles. The summed E-state index contributed by atoms with van der Waals surface area (Å²) in [5, 5.41) is 15.4. The molecular formula is C50H32N2. The molecule has 0 saturated heterocycles. The van der Waals surface area contributed by atoms with Gasteiger partial charge in [0.05, 0.1) is 11.0 Å². The first kappa shape index (κ1) is 29.0.